The van der Waals surface area contributed by atoms with Crippen LogP contribution >= 0.6 is 0 Å². The van der Waals surface area contributed by atoms with Gasteiger partial charge >= 0.3 is 6.03 Å². The van der Waals surface area contributed by atoms with Crippen LogP contribution in [0.2, 0.25) is 0 Å². The first-order valence-electron chi connectivity index (χ1n) is 10.8. The molecular weight excluding hydrogens is 394 g/mol. The Labute approximate surface area is 183 Å². The molecule has 166 valence electrons. The fraction of sp³-hybridized carbons (Fsp3) is 0.417. The smallest absolute Gasteiger partial charge is 0.321 e. The molecule has 1 fully saturated rings. The van der Waals surface area contributed by atoms with E-state index in [9.17, 15) is 9.59 Å². The maximum absolute atomic E-state index is 13.0. The maximum Gasteiger partial charge on any atom is 0.321 e. The average molecular weight is 426 g/mol. The van der Waals surface area contributed by atoms with Crippen molar-refractivity contribution in [2.45, 2.75) is 33.6 Å². The van der Waals surface area contributed by atoms with E-state index < -0.39 is 0 Å². The molecule has 0 radical (unpaired) electrons. The van der Waals surface area contributed by atoms with E-state index in [2.05, 4.69) is 10.6 Å². The fourth-order valence-corrected chi connectivity index (χ4v) is 3.68. The zero-order valence-corrected chi connectivity index (χ0v) is 18.4. The molecule has 1 atom stereocenters. The van der Waals surface area contributed by atoms with Crippen LogP contribution in [0.1, 0.15) is 32.3 Å². The lowest BCUT2D eigenvalue weighted by Gasteiger charge is -2.32. The van der Waals surface area contributed by atoms with E-state index in [4.69, 9.17) is 9.47 Å². The molecule has 3 rings (SSSR count). The molecule has 0 spiro atoms. The van der Waals surface area contributed by atoms with Crippen LogP contribution in [0.4, 0.5) is 16.2 Å². The van der Waals surface area contributed by atoms with Gasteiger partial charge in [-0.05, 0) is 63.4 Å². The summed E-state index contributed by atoms with van der Waals surface area (Å²) >= 11 is 0. The van der Waals surface area contributed by atoms with Gasteiger partial charge in [-0.15, -0.1) is 0 Å². The van der Waals surface area contributed by atoms with Gasteiger partial charge in [0.15, 0.2) is 0 Å². The Kier molecular flexibility index (Phi) is 7.76. The number of piperidine rings is 1. The van der Waals surface area contributed by atoms with Crippen molar-refractivity contribution in [1.82, 2.24) is 4.90 Å². The van der Waals surface area contributed by atoms with Gasteiger partial charge < -0.3 is 25.0 Å². The van der Waals surface area contributed by atoms with Crippen molar-refractivity contribution in [3.63, 3.8) is 0 Å². The van der Waals surface area contributed by atoms with Crippen LogP contribution in [0.15, 0.2) is 42.5 Å². The highest BCUT2D eigenvalue weighted by Gasteiger charge is 2.29. The quantitative estimate of drug-likeness (QED) is 0.675. The predicted molar refractivity (Wildman–Crippen MR) is 122 cm³/mol. The molecule has 2 aromatic rings. The number of nitrogens with zero attached hydrogens (tertiary/aromatic N) is 1. The first-order chi connectivity index (χ1) is 15.0. The van der Waals surface area contributed by atoms with Gasteiger partial charge in [0.2, 0.25) is 5.91 Å². The second-order valence-electron chi connectivity index (χ2n) is 7.60. The Morgan fingerprint density at radius 3 is 2.61 bits per heavy atom. The van der Waals surface area contributed by atoms with E-state index in [1.807, 2.05) is 51.1 Å². The van der Waals surface area contributed by atoms with Gasteiger partial charge in [0.25, 0.3) is 0 Å². The third-order valence-corrected chi connectivity index (χ3v) is 5.17. The summed E-state index contributed by atoms with van der Waals surface area (Å²) in [7, 11) is 0. The van der Waals surface area contributed by atoms with Gasteiger partial charge in [-0.1, -0.05) is 12.1 Å². The number of hydrogen-bond donors (Lipinski definition) is 2. The van der Waals surface area contributed by atoms with Crippen LogP contribution in [0.25, 0.3) is 0 Å². The van der Waals surface area contributed by atoms with E-state index in [0.717, 1.165) is 24.1 Å². The molecule has 1 unspecified atom stereocenters. The van der Waals surface area contributed by atoms with Crippen LogP contribution in [-0.4, -0.2) is 43.1 Å². The molecule has 0 saturated carbocycles. The minimum atomic E-state index is -0.290. The summed E-state index contributed by atoms with van der Waals surface area (Å²) in [4.78, 5) is 27.4. The normalized spacial score (nSPS) is 15.8. The topological polar surface area (TPSA) is 79.9 Å². The Morgan fingerprint density at radius 1 is 1.06 bits per heavy atom. The van der Waals surface area contributed by atoms with Gasteiger partial charge in [0.05, 0.1) is 24.8 Å². The summed E-state index contributed by atoms with van der Waals surface area (Å²) in [6, 6.07) is 12.9. The third-order valence-electron chi connectivity index (χ3n) is 5.17. The molecule has 0 aromatic heterocycles. The van der Waals surface area contributed by atoms with Gasteiger partial charge in [-0.3, -0.25) is 4.79 Å². The third kappa shape index (κ3) is 6.13. The molecule has 1 aliphatic rings. The van der Waals surface area contributed by atoms with Crippen LogP contribution in [0.3, 0.4) is 0 Å². The molecule has 1 aliphatic heterocycles. The summed E-state index contributed by atoms with van der Waals surface area (Å²) in [5.41, 5.74) is 2.41. The summed E-state index contributed by atoms with van der Waals surface area (Å²) in [6.45, 7) is 7.82. The van der Waals surface area contributed by atoms with Gasteiger partial charge in [-0.2, -0.15) is 0 Å². The molecule has 1 heterocycles. The first kappa shape index (κ1) is 22.5. The second kappa shape index (κ2) is 10.7. The molecule has 7 nitrogen and oxygen atoms in total. The molecule has 2 aromatic carbocycles. The van der Waals surface area contributed by atoms with Crippen LogP contribution in [-0.2, 0) is 4.79 Å². The number of rotatable bonds is 7. The number of carbonyl (C=O) groups is 2. The van der Waals surface area contributed by atoms with Gasteiger partial charge in [-0.25, -0.2) is 4.79 Å². The van der Waals surface area contributed by atoms with Crippen molar-refractivity contribution in [2.75, 3.05) is 36.9 Å². The predicted octanol–water partition coefficient (Wildman–Crippen LogP) is 4.68. The number of aryl methyl sites for hydroxylation is 1. The Hall–Kier alpha value is -3.22. The number of anilines is 2. The van der Waals surface area contributed by atoms with Crippen LogP contribution in [0.5, 0.6) is 11.5 Å². The summed E-state index contributed by atoms with van der Waals surface area (Å²) < 4.78 is 11.2. The highest BCUT2D eigenvalue weighted by atomic mass is 16.5. The minimum absolute atomic E-state index is 0.123. The highest BCUT2D eigenvalue weighted by Crippen LogP contribution is 2.30. The monoisotopic (exact) mass is 425 g/mol. The van der Waals surface area contributed by atoms with Crippen molar-refractivity contribution in [2.24, 2.45) is 5.92 Å². The second-order valence-corrected chi connectivity index (χ2v) is 7.60. The average Bonchev–Trinajstić information content (AvgIpc) is 2.76. The van der Waals surface area contributed by atoms with Gasteiger partial charge in [0, 0.05) is 24.8 Å². The Balaban J connectivity index is 1.65. The largest absolute Gasteiger partial charge is 0.494 e. The maximum atomic E-state index is 13.0. The lowest BCUT2D eigenvalue weighted by atomic mass is 9.97. The Bertz CT molecular complexity index is 915. The van der Waals surface area contributed by atoms with E-state index in [-0.39, 0.29) is 17.9 Å². The Morgan fingerprint density at radius 2 is 1.87 bits per heavy atom. The van der Waals surface area contributed by atoms with Crippen molar-refractivity contribution in [1.29, 1.82) is 0 Å². The molecule has 3 amide bonds. The number of likely N-dealkylation sites (tertiary alicyclic amines) is 1. The molecule has 0 aliphatic carbocycles. The minimum Gasteiger partial charge on any atom is -0.494 e. The molecule has 2 N–H and O–H groups in total. The first-order valence-corrected chi connectivity index (χ1v) is 10.8. The van der Waals surface area contributed by atoms with Crippen molar-refractivity contribution < 1.29 is 19.1 Å². The van der Waals surface area contributed by atoms with E-state index >= 15 is 0 Å². The zero-order chi connectivity index (χ0) is 22.2. The summed E-state index contributed by atoms with van der Waals surface area (Å²) in [5.74, 6) is 0.859. The lowest BCUT2D eigenvalue weighted by Crippen LogP contribution is -2.45. The molecule has 1 saturated heterocycles. The van der Waals surface area contributed by atoms with E-state index in [0.29, 0.717) is 43.5 Å². The number of carbonyl (C=O) groups excluding carboxylic acids is 2. The number of hydrogen-bond acceptors (Lipinski definition) is 4. The fourth-order valence-electron chi connectivity index (χ4n) is 3.68. The number of ether oxygens (including phenoxy) is 2. The number of amides is 3. The summed E-state index contributed by atoms with van der Waals surface area (Å²) in [5, 5.41) is 5.91. The van der Waals surface area contributed by atoms with Crippen molar-refractivity contribution in [3.8, 4) is 11.5 Å². The standard InChI is InChI=1S/C24H31N3O4/c1-4-30-20-11-12-22(31-5-2)21(15-20)26-23(28)18-9-7-13-27(16-18)24(29)25-19-10-6-8-17(3)14-19/h6,8,10-12,14-15,18H,4-5,7,9,13,16H2,1-3H3,(H,25,29)(H,26,28). The number of urea groups is 1. The molecular formula is C24H31N3O4. The van der Waals surface area contributed by atoms with Crippen LogP contribution in [0, 0.1) is 12.8 Å². The van der Waals surface area contributed by atoms with Crippen molar-refractivity contribution in [3.05, 3.63) is 48.0 Å². The lowest BCUT2D eigenvalue weighted by molar-refractivity contribution is -0.121. The summed E-state index contributed by atoms with van der Waals surface area (Å²) in [6.07, 6.45) is 1.51. The van der Waals surface area contributed by atoms with Gasteiger partial charge in [0.1, 0.15) is 11.5 Å². The van der Waals surface area contributed by atoms with E-state index in [1.54, 1.807) is 17.0 Å². The SMILES string of the molecule is CCOc1ccc(OCC)c(NC(=O)C2CCCN(C(=O)Nc3cccc(C)c3)C2)c1. The molecule has 7 heteroatoms. The number of nitrogens with one attached hydrogen (secondary N) is 2. The van der Waals surface area contributed by atoms with Crippen molar-refractivity contribution >= 4 is 23.3 Å². The van der Waals surface area contributed by atoms with Crippen LogP contribution < -0.4 is 20.1 Å². The molecule has 0 bridgehead atoms. The van der Waals surface area contributed by atoms with E-state index in [1.165, 1.54) is 0 Å². The zero-order valence-electron chi connectivity index (χ0n) is 18.4. The number of benzene rings is 2. The highest BCUT2D eigenvalue weighted by molar-refractivity contribution is 5.95. The molecule has 31 heavy (non-hydrogen) atoms.